The van der Waals surface area contributed by atoms with Crippen LogP contribution in [0.5, 0.6) is 0 Å². The van der Waals surface area contributed by atoms with Crippen molar-refractivity contribution in [1.29, 1.82) is 0 Å². The summed E-state index contributed by atoms with van der Waals surface area (Å²) in [6.07, 6.45) is 1.30. The van der Waals surface area contributed by atoms with Gasteiger partial charge in [-0.25, -0.2) is 8.78 Å². The maximum atomic E-state index is 12.6. The van der Waals surface area contributed by atoms with Crippen molar-refractivity contribution >= 4 is 5.69 Å². The van der Waals surface area contributed by atoms with Crippen molar-refractivity contribution < 1.29 is 8.78 Å². The van der Waals surface area contributed by atoms with E-state index < -0.39 is 11.8 Å². The van der Waals surface area contributed by atoms with Crippen molar-refractivity contribution in [3.63, 3.8) is 0 Å². The number of hydrogen-bond donors (Lipinski definition) is 1. The van der Waals surface area contributed by atoms with Crippen LogP contribution in [0.3, 0.4) is 0 Å². The van der Waals surface area contributed by atoms with E-state index in [1.54, 1.807) is 6.92 Å². The second-order valence-corrected chi connectivity index (χ2v) is 4.06. The van der Waals surface area contributed by atoms with Gasteiger partial charge < -0.3 is 10.3 Å². The van der Waals surface area contributed by atoms with E-state index in [9.17, 15) is 13.6 Å². The fourth-order valence-electron chi connectivity index (χ4n) is 1.53. The molecule has 1 atom stereocenters. The molecule has 2 rings (SSSR count). The monoisotopic (exact) mass is 214 g/mol. The van der Waals surface area contributed by atoms with E-state index in [0.29, 0.717) is 11.3 Å². The number of halogens is 2. The Balaban J connectivity index is 2.23. The summed E-state index contributed by atoms with van der Waals surface area (Å²) < 4.78 is 26.6. The molecule has 1 fully saturated rings. The summed E-state index contributed by atoms with van der Waals surface area (Å²) >= 11 is 0. The lowest BCUT2D eigenvalue weighted by Gasteiger charge is -2.07. The Hall–Kier alpha value is -1.39. The lowest BCUT2D eigenvalue weighted by Crippen LogP contribution is -2.22. The van der Waals surface area contributed by atoms with Crippen LogP contribution in [0.25, 0.3) is 0 Å². The molecule has 1 heterocycles. The van der Waals surface area contributed by atoms with E-state index in [-0.39, 0.29) is 18.5 Å². The second kappa shape index (κ2) is 3.05. The molecule has 1 aliphatic carbocycles. The number of rotatable bonds is 2. The molecule has 2 N–H and O–H groups in total. The number of alkyl halides is 2. The maximum absolute atomic E-state index is 12.6. The number of nitrogens with two attached hydrogens (primary N) is 1. The number of hydrogen-bond acceptors (Lipinski definition) is 2. The number of nitrogen functional groups attached to an aromatic ring is 1. The van der Waals surface area contributed by atoms with E-state index in [4.69, 9.17) is 5.73 Å². The molecule has 0 amide bonds. The standard InChI is InChI=1S/C10H12F2N2O/c1-6-2-9(15)14(5-8(6)13)4-7-3-10(7,11)12/h2,5,7H,3-4,13H2,1H3. The first-order chi connectivity index (χ1) is 6.90. The molecule has 0 radical (unpaired) electrons. The van der Waals surface area contributed by atoms with Gasteiger partial charge in [0.25, 0.3) is 11.5 Å². The zero-order chi connectivity index (χ0) is 11.2. The molecular weight excluding hydrogens is 202 g/mol. The van der Waals surface area contributed by atoms with Crippen molar-refractivity contribution in [3.05, 3.63) is 28.2 Å². The van der Waals surface area contributed by atoms with Crippen LogP contribution in [0.2, 0.25) is 0 Å². The highest BCUT2D eigenvalue weighted by molar-refractivity contribution is 5.42. The van der Waals surface area contributed by atoms with Crippen molar-refractivity contribution in [2.45, 2.75) is 25.8 Å². The fourth-order valence-corrected chi connectivity index (χ4v) is 1.53. The van der Waals surface area contributed by atoms with E-state index >= 15 is 0 Å². The average molecular weight is 214 g/mol. The molecule has 0 bridgehead atoms. The molecule has 5 heteroatoms. The highest BCUT2D eigenvalue weighted by Gasteiger charge is 2.56. The van der Waals surface area contributed by atoms with Gasteiger partial charge in [0.15, 0.2) is 0 Å². The van der Waals surface area contributed by atoms with Crippen LogP contribution in [0, 0.1) is 12.8 Å². The van der Waals surface area contributed by atoms with Crippen LogP contribution >= 0.6 is 0 Å². The van der Waals surface area contributed by atoms with Gasteiger partial charge in [-0.15, -0.1) is 0 Å². The largest absolute Gasteiger partial charge is 0.397 e. The van der Waals surface area contributed by atoms with Gasteiger partial charge in [0.1, 0.15) is 0 Å². The zero-order valence-corrected chi connectivity index (χ0v) is 8.34. The highest BCUT2D eigenvalue weighted by Crippen LogP contribution is 2.49. The van der Waals surface area contributed by atoms with E-state index in [0.717, 1.165) is 0 Å². The summed E-state index contributed by atoms with van der Waals surface area (Å²) in [5.41, 5.74) is 6.47. The zero-order valence-electron chi connectivity index (χ0n) is 8.34. The molecule has 0 spiro atoms. The number of pyridine rings is 1. The summed E-state index contributed by atoms with van der Waals surface area (Å²) in [7, 11) is 0. The van der Waals surface area contributed by atoms with Crippen LogP contribution in [0.1, 0.15) is 12.0 Å². The molecule has 3 nitrogen and oxygen atoms in total. The normalized spacial score (nSPS) is 22.7. The molecule has 15 heavy (non-hydrogen) atoms. The predicted molar refractivity (Wildman–Crippen MR) is 52.9 cm³/mol. The molecule has 0 aromatic carbocycles. The molecule has 1 aliphatic rings. The van der Waals surface area contributed by atoms with Crippen LogP contribution in [-0.4, -0.2) is 10.5 Å². The topological polar surface area (TPSA) is 48.0 Å². The molecule has 0 aliphatic heterocycles. The third-order valence-electron chi connectivity index (χ3n) is 2.75. The Kier molecular flexibility index (Phi) is 2.06. The molecule has 1 unspecified atom stereocenters. The third kappa shape index (κ3) is 1.86. The van der Waals surface area contributed by atoms with Gasteiger partial charge in [-0.2, -0.15) is 0 Å². The maximum Gasteiger partial charge on any atom is 0.253 e. The van der Waals surface area contributed by atoms with Gasteiger partial charge in [0.2, 0.25) is 0 Å². The van der Waals surface area contributed by atoms with Crippen LogP contribution in [0.15, 0.2) is 17.1 Å². The summed E-state index contributed by atoms with van der Waals surface area (Å²) in [5, 5.41) is 0. The Morgan fingerprint density at radius 1 is 1.67 bits per heavy atom. The van der Waals surface area contributed by atoms with Gasteiger partial charge in [-0.1, -0.05) is 0 Å². The summed E-state index contributed by atoms with van der Waals surface area (Å²) in [6, 6.07) is 1.37. The fraction of sp³-hybridized carbons (Fsp3) is 0.500. The Morgan fingerprint density at radius 3 is 2.80 bits per heavy atom. The molecule has 0 saturated heterocycles. The summed E-state index contributed by atoms with van der Waals surface area (Å²) in [5.74, 6) is -3.31. The molecule has 82 valence electrons. The summed E-state index contributed by atoms with van der Waals surface area (Å²) in [6.45, 7) is 1.77. The molecule has 1 aromatic heterocycles. The van der Waals surface area contributed by atoms with Gasteiger partial charge in [0.05, 0.1) is 5.69 Å². The number of nitrogens with zero attached hydrogens (tertiary/aromatic N) is 1. The average Bonchev–Trinajstić information content (AvgIpc) is 2.70. The quantitative estimate of drug-likeness (QED) is 0.808. The SMILES string of the molecule is Cc1cc(=O)n(CC2CC2(F)F)cc1N. The lowest BCUT2D eigenvalue weighted by molar-refractivity contribution is 0.0949. The first-order valence-corrected chi connectivity index (χ1v) is 4.74. The third-order valence-corrected chi connectivity index (χ3v) is 2.75. The van der Waals surface area contributed by atoms with Crippen molar-refractivity contribution in [2.24, 2.45) is 5.92 Å². The predicted octanol–water partition coefficient (Wildman–Crippen LogP) is 1.39. The van der Waals surface area contributed by atoms with E-state index in [1.165, 1.54) is 16.8 Å². The highest BCUT2D eigenvalue weighted by atomic mass is 19.3. The molecule has 1 aromatic rings. The Bertz CT molecular complexity index is 453. The number of aromatic nitrogens is 1. The Morgan fingerprint density at radius 2 is 2.27 bits per heavy atom. The minimum Gasteiger partial charge on any atom is -0.397 e. The second-order valence-electron chi connectivity index (χ2n) is 4.06. The molecular formula is C10H12F2N2O. The minimum atomic E-state index is -2.60. The van der Waals surface area contributed by atoms with Gasteiger partial charge >= 0.3 is 0 Å². The van der Waals surface area contributed by atoms with Crippen LogP contribution in [-0.2, 0) is 6.54 Å². The molecule has 1 saturated carbocycles. The van der Waals surface area contributed by atoms with Crippen LogP contribution < -0.4 is 11.3 Å². The Labute approximate surface area is 85.5 Å². The van der Waals surface area contributed by atoms with Crippen molar-refractivity contribution in [2.75, 3.05) is 5.73 Å². The number of anilines is 1. The van der Waals surface area contributed by atoms with E-state index in [1.807, 2.05) is 0 Å². The lowest BCUT2D eigenvalue weighted by atomic mass is 10.2. The van der Waals surface area contributed by atoms with Gasteiger partial charge in [-0.3, -0.25) is 4.79 Å². The first-order valence-electron chi connectivity index (χ1n) is 4.74. The van der Waals surface area contributed by atoms with Crippen molar-refractivity contribution in [3.8, 4) is 0 Å². The summed E-state index contributed by atoms with van der Waals surface area (Å²) in [4.78, 5) is 11.4. The van der Waals surface area contributed by atoms with Gasteiger partial charge in [0, 0.05) is 31.1 Å². The first kappa shape index (κ1) is 10.1. The van der Waals surface area contributed by atoms with E-state index in [2.05, 4.69) is 0 Å². The van der Waals surface area contributed by atoms with Crippen molar-refractivity contribution in [1.82, 2.24) is 4.57 Å². The number of aryl methyl sites for hydroxylation is 1. The minimum absolute atomic E-state index is 0.0519. The smallest absolute Gasteiger partial charge is 0.253 e. The van der Waals surface area contributed by atoms with Crippen LogP contribution in [0.4, 0.5) is 14.5 Å². The van der Waals surface area contributed by atoms with Gasteiger partial charge in [-0.05, 0) is 12.5 Å².